The third-order valence-electron chi connectivity index (χ3n) is 6.19. The van der Waals surface area contributed by atoms with Crippen LogP contribution in [0.4, 0.5) is 5.69 Å². The maximum Gasteiger partial charge on any atom is 0.282 e. The summed E-state index contributed by atoms with van der Waals surface area (Å²) in [6.45, 7) is 8.83. The van der Waals surface area contributed by atoms with Gasteiger partial charge in [0.1, 0.15) is 38.8 Å². The number of nitrogens with zero attached hydrogens (tertiary/aromatic N) is 1. The number of carbonyl (C=O) groups is 1. The summed E-state index contributed by atoms with van der Waals surface area (Å²) >= 11 is 0. The van der Waals surface area contributed by atoms with Gasteiger partial charge in [0.25, 0.3) is 5.91 Å². The summed E-state index contributed by atoms with van der Waals surface area (Å²) in [5, 5.41) is 12.2. The van der Waals surface area contributed by atoms with Crippen molar-refractivity contribution in [2.24, 2.45) is 0 Å². The topological polar surface area (TPSA) is 80.2 Å². The molecule has 31 heavy (non-hydrogen) atoms. The van der Waals surface area contributed by atoms with E-state index >= 15 is 0 Å². The number of para-hydroxylation sites is 1. The second-order valence-electron chi connectivity index (χ2n) is 8.09. The molecule has 164 valence electrons. The number of rotatable bonds is 7. The van der Waals surface area contributed by atoms with Crippen molar-refractivity contribution in [1.29, 1.82) is 5.26 Å². The molecular weight excluding hydrogens is 392 g/mol. The summed E-state index contributed by atoms with van der Waals surface area (Å²) in [7, 11) is 3.31. The predicted octanol–water partition coefficient (Wildman–Crippen LogP) is 0.195. The standard InChI is InChI=1S/C24H30N4O3/c1-17-13-22(30-3)23(31-4)14-20(17)16-27-9-11-28(12-10-27)18(2)24(29)26-21-8-6-5-7-19(21)15-25/h5-8,13-14,18H,9-12,16H2,1-4H3,(H,26,29)/p+2/t18-/m1/s1. The number of nitriles is 1. The first-order chi connectivity index (χ1) is 15.0. The van der Waals surface area contributed by atoms with Gasteiger partial charge in [0.15, 0.2) is 17.5 Å². The molecule has 2 aromatic carbocycles. The molecule has 0 aromatic heterocycles. The number of nitrogens with one attached hydrogen (secondary N) is 3. The Balaban J connectivity index is 1.57. The predicted molar refractivity (Wildman–Crippen MR) is 119 cm³/mol. The van der Waals surface area contributed by atoms with E-state index in [9.17, 15) is 10.1 Å². The van der Waals surface area contributed by atoms with Gasteiger partial charge in [-0.3, -0.25) is 4.79 Å². The first-order valence-electron chi connectivity index (χ1n) is 10.7. The molecule has 1 aliphatic rings. The number of ether oxygens (including phenoxy) is 2. The van der Waals surface area contributed by atoms with E-state index in [1.165, 1.54) is 20.9 Å². The smallest absolute Gasteiger partial charge is 0.282 e. The molecule has 0 radical (unpaired) electrons. The second-order valence-corrected chi connectivity index (χ2v) is 8.09. The van der Waals surface area contributed by atoms with Gasteiger partial charge in [-0.1, -0.05) is 12.1 Å². The van der Waals surface area contributed by atoms with Gasteiger partial charge in [0, 0.05) is 5.56 Å². The van der Waals surface area contributed by atoms with E-state index in [0.717, 1.165) is 44.2 Å². The Morgan fingerprint density at radius 1 is 1.13 bits per heavy atom. The SMILES string of the molecule is COc1cc(C)c(C[NH+]2CC[NH+]([C@H](C)C(=O)Nc3ccccc3C#N)CC2)cc1OC. The lowest BCUT2D eigenvalue weighted by Gasteiger charge is -2.33. The van der Waals surface area contributed by atoms with Gasteiger partial charge >= 0.3 is 0 Å². The molecule has 3 rings (SSSR count). The molecule has 1 aliphatic heterocycles. The molecule has 7 nitrogen and oxygen atoms in total. The number of quaternary nitrogens is 2. The van der Waals surface area contributed by atoms with Crippen molar-refractivity contribution >= 4 is 11.6 Å². The van der Waals surface area contributed by atoms with Crippen molar-refractivity contribution < 1.29 is 24.1 Å². The molecule has 3 N–H and O–H groups in total. The second kappa shape index (κ2) is 10.3. The van der Waals surface area contributed by atoms with E-state index in [1.807, 2.05) is 19.1 Å². The van der Waals surface area contributed by atoms with E-state index in [2.05, 4.69) is 24.4 Å². The van der Waals surface area contributed by atoms with Crippen LogP contribution in [0.15, 0.2) is 36.4 Å². The summed E-state index contributed by atoms with van der Waals surface area (Å²) in [6.07, 6.45) is 0. The van der Waals surface area contributed by atoms with Gasteiger partial charge in [0.05, 0.1) is 25.5 Å². The van der Waals surface area contributed by atoms with Crippen molar-refractivity contribution in [3.8, 4) is 17.6 Å². The maximum atomic E-state index is 12.8. The van der Waals surface area contributed by atoms with Crippen molar-refractivity contribution in [2.45, 2.75) is 26.4 Å². The summed E-state index contributed by atoms with van der Waals surface area (Å²) in [5.74, 6) is 1.47. The molecule has 0 unspecified atom stereocenters. The Morgan fingerprint density at radius 2 is 1.77 bits per heavy atom. The Hall–Kier alpha value is -3.08. The number of hydrogen-bond donors (Lipinski definition) is 3. The number of carbonyl (C=O) groups excluding carboxylic acids is 1. The van der Waals surface area contributed by atoms with Gasteiger partial charge in [-0.2, -0.15) is 5.26 Å². The highest BCUT2D eigenvalue weighted by Crippen LogP contribution is 2.29. The Morgan fingerprint density at radius 3 is 2.42 bits per heavy atom. The maximum absolute atomic E-state index is 12.8. The average molecular weight is 425 g/mol. The van der Waals surface area contributed by atoms with Crippen LogP contribution in [0, 0.1) is 18.3 Å². The molecule has 1 atom stereocenters. The molecule has 1 saturated heterocycles. The number of benzene rings is 2. The van der Waals surface area contributed by atoms with Crippen molar-refractivity contribution in [2.75, 3.05) is 45.7 Å². The lowest BCUT2D eigenvalue weighted by molar-refractivity contribution is -1.02. The van der Waals surface area contributed by atoms with Crippen LogP contribution in [-0.4, -0.2) is 52.3 Å². The molecule has 1 amide bonds. The van der Waals surface area contributed by atoms with E-state index in [1.54, 1.807) is 32.4 Å². The van der Waals surface area contributed by atoms with Crippen molar-refractivity contribution in [3.63, 3.8) is 0 Å². The molecule has 0 bridgehead atoms. The summed E-state index contributed by atoms with van der Waals surface area (Å²) in [5.41, 5.74) is 3.52. The lowest BCUT2D eigenvalue weighted by atomic mass is 10.1. The summed E-state index contributed by atoms with van der Waals surface area (Å²) in [4.78, 5) is 15.5. The van der Waals surface area contributed by atoms with Crippen molar-refractivity contribution in [3.05, 3.63) is 53.1 Å². The van der Waals surface area contributed by atoms with Crippen LogP contribution in [-0.2, 0) is 11.3 Å². The fourth-order valence-electron chi connectivity index (χ4n) is 4.13. The largest absolute Gasteiger partial charge is 0.493 e. The van der Waals surface area contributed by atoms with E-state index in [-0.39, 0.29) is 11.9 Å². The number of anilines is 1. The minimum Gasteiger partial charge on any atom is -0.493 e. The van der Waals surface area contributed by atoms with Crippen LogP contribution in [0.5, 0.6) is 11.5 Å². The molecule has 2 aromatic rings. The zero-order chi connectivity index (χ0) is 22.4. The van der Waals surface area contributed by atoms with E-state index in [4.69, 9.17) is 9.47 Å². The molecule has 1 heterocycles. The summed E-state index contributed by atoms with van der Waals surface area (Å²) in [6, 6.07) is 13.2. The average Bonchev–Trinajstić information content (AvgIpc) is 2.80. The number of aryl methyl sites for hydroxylation is 1. The molecule has 1 fully saturated rings. The van der Waals surface area contributed by atoms with Crippen LogP contribution in [0.3, 0.4) is 0 Å². The van der Waals surface area contributed by atoms with Crippen LogP contribution < -0.4 is 24.6 Å². The highest BCUT2D eigenvalue weighted by molar-refractivity contribution is 5.94. The van der Waals surface area contributed by atoms with Crippen LogP contribution in [0.25, 0.3) is 0 Å². The quantitative estimate of drug-likeness (QED) is 0.593. The normalized spacial score (nSPS) is 19.2. The van der Waals surface area contributed by atoms with Gasteiger partial charge in [-0.25, -0.2) is 0 Å². The number of methoxy groups -OCH3 is 2. The Labute approximate surface area is 184 Å². The third kappa shape index (κ3) is 5.35. The van der Waals surface area contributed by atoms with Gasteiger partial charge < -0.3 is 24.6 Å². The van der Waals surface area contributed by atoms with Crippen LogP contribution in [0.2, 0.25) is 0 Å². The zero-order valence-corrected chi connectivity index (χ0v) is 18.7. The Bertz CT molecular complexity index is 962. The number of amides is 1. The highest BCUT2D eigenvalue weighted by atomic mass is 16.5. The summed E-state index contributed by atoms with van der Waals surface area (Å²) < 4.78 is 10.8. The van der Waals surface area contributed by atoms with Gasteiger partial charge in [-0.05, 0) is 43.7 Å². The molecule has 0 aliphatic carbocycles. The minimum absolute atomic E-state index is 0.0446. The van der Waals surface area contributed by atoms with Crippen LogP contribution >= 0.6 is 0 Å². The zero-order valence-electron chi connectivity index (χ0n) is 18.7. The lowest BCUT2D eigenvalue weighted by Crippen LogP contribution is -3.29. The Kier molecular flexibility index (Phi) is 7.50. The molecular formula is C24H32N4O3+2. The van der Waals surface area contributed by atoms with Crippen LogP contribution in [0.1, 0.15) is 23.6 Å². The molecule has 7 heteroatoms. The molecule has 0 saturated carbocycles. The van der Waals surface area contributed by atoms with Crippen molar-refractivity contribution in [1.82, 2.24) is 0 Å². The van der Waals surface area contributed by atoms with E-state index < -0.39 is 0 Å². The minimum atomic E-state index is -0.170. The fraction of sp³-hybridized carbons (Fsp3) is 0.417. The number of piperazine rings is 1. The first-order valence-corrected chi connectivity index (χ1v) is 10.7. The highest BCUT2D eigenvalue weighted by Gasteiger charge is 2.31. The number of hydrogen-bond acceptors (Lipinski definition) is 4. The fourth-order valence-corrected chi connectivity index (χ4v) is 4.13. The molecule has 0 spiro atoms. The van der Waals surface area contributed by atoms with Gasteiger partial charge in [-0.15, -0.1) is 0 Å². The van der Waals surface area contributed by atoms with E-state index in [0.29, 0.717) is 11.3 Å². The van der Waals surface area contributed by atoms with Gasteiger partial charge in [0.2, 0.25) is 0 Å². The third-order valence-corrected chi connectivity index (χ3v) is 6.19. The first kappa shape index (κ1) is 22.6. The monoisotopic (exact) mass is 424 g/mol.